The number of hydrogen-bond acceptors (Lipinski definition) is 2. The van der Waals surface area contributed by atoms with E-state index in [1.165, 1.54) is 12.1 Å². The van der Waals surface area contributed by atoms with Gasteiger partial charge in [-0.3, -0.25) is 0 Å². The summed E-state index contributed by atoms with van der Waals surface area (Å²) in [6, 6.07) is 10.2. The predicted octanol–water partition coefficient (Wildman–Crippen LogP) is 3.90. The molecular formula is C17H16ClFN2O. The molecule has 0 saturated carbocycles. The lowest BCUT2D eigenvalue weighted by atomic mass is 10.0. The molecule has 5 heteroatoms. The number of nitrogens with two attached hydrogens (primary N) is 1. The first kappa shape index (κ1) is 15.0. The van der Waals surface area contributed by atoms with Crippen molar-refractivity contribution in [3.05, 3.63) is 58.5 Å². The van der Waals surface area contributed by atoms with Crippen molar-refractivity contribution in [2.24, 2.45) is 12.8 Å². The number of fused-ring (bicyclic) bond motifs is 1. The van der Waals surface area contributed by atoms with Gasteiger partial charge in [0.05, 0.1) is 11.2 Å². The van der Waals surface area contributed by atoms with E-state index >= 15 is 0 Å². The Morgan fingerprint density at radius 3 is 2.45 bits per heavy atom. The maximum Gasteiger partial charge on any atom is 0.143 e. The average Bonchev–Trinajstić information content (AvgIpc) is 2.70. The zero-order valence-electron chi connectivity index (χ0n) is 12.3. The van der Waals surface area contributed by atoms with Crippen LogP contribution in [0.3, 0.4) is 0 Å². The first-order valence-corrected chi connectivity index (χ1v) is 7.26. The number of aliphatic hydroxyl groups is 1. The highest BCUT2D eigenvalue weighted by molar-refractivity contribution is 6.30. The molecule has 0 aliphatic rings. The molecule has 0 aliphatic heterocycles. The van der Waals surface area contributed by atoms with Crippen LogP contribution in [-0.4, -0.2) is 9.67 Å². The number of halogens is 2. The minimum atomic E-state index is -1.11. The van der Waals surface area contributed by atoms with Gasteiger partial charge in [0.15, 0.2) is 0 Å². The summed E-state index contributed by atoms with van der Waals surface area (Å²) >= 11 is 5.92. The van der Waals surface area contributed by atoms with Crippen LogP contribution >= 0.6 is 11.6 Å². The second kappa shape index (κ2) is 5.39. The van der Waals surface area contributed by atoms with E-state index in [-0.39, 0.29) is 5.82 Å². The molecule has 114 valence electrons. The van der Waals surface area contributed by atoms with E-state index in [0.29, 0.717) is 10.7 Å². The van der Waals surface area contributed by atoms with Gasteiger partial charge in [0.2, 0.25) is 0 Å². The molecule has 0 fully saturated rings. The SMILES string of the molecule is Cc1c(C(N)O)n(C)c2c(-c3ccc(Cl)cc3)cc(F)cc12. The fourth-order valence-corrected chi connectivity index (χ4v) is 3.15. The van der Waals surface area contributed by atoms with Crippen LogP contribution in [0.5, 0.6) is 0 Å². The molecule has 1 unspecified atom stereocenters. The van der Waals surface area contributed by atoms with Gasteiger partial charge >= 0.3 is 0 Å². The molecular weight excluding hydrogens is 303 g/mol. The van der Waals surface area contributed by atoms with E-state index in [4.69, 9.17) is 17.3 Å². The molecule has 3 rings (SSSR count). The standard InChI is InChI=1S/C17H16ClFN2O/c1-9-13-7-12(19)8-14(10-3-5-11(18)6-4-10)16(13)21(2)15(9)17(20)22/h3-8,17,22H,20H2,1-2H3. The zero-order chi connectivity index (χ0) is 16.0. The first-order valence-electron chi connectivity index (χ1n) is 6.88. The van der Waals surface area contributed by atoms with Crippen molar-refractivity contribution in [3.8, 4) is 11.1 Å². The molecule has 1 atom stereocenters. The fourth-order valence-electron chi connectivity index (χ4n) is 3.03. The van der Waals surface area contributed by atoms with Crippen molar-refractivity contribution < 1.29 is 9.50 Å². The number of hydrogen-bond donors (Lipinski definition) is 2. The number of aromatic nitrogens is 1. The third kappa shape index (κ3) is 2.29. The zero-order valence-corrected chi connectivity index (χ0v) is 13.0. The molecule has 0 radical (unpaired) electrons. The third-order valence-corrected chi connectivity index (χ3v) is 4.25. The van der Waals surface area contributed by atoms with Gasteiger partial charge in [-0.05, 0) is 42.3 Å². The van der Waals surface area contributed by atoms with Crippen LogP contribution in [0.25, 0.3) is 22.0 Å². The second-order valence-corrected chi connectivity index (χ2v) is 5.81. The van der Waals surface area contributed by atoms with Gasteiger partial charge in [0.1, 0.15) is 12.0 Å². The van der Waals surface area contributed by atoms with E-state index in [2.05, 4.69) is 0 Å². The van der Waals surface area contributed by atoms with E-state index in [1.54, 1.807) is 12.1 Å². The van der Waals surface area contributed by atoms with Crippen LogP contribution in [0.4, 0.5) is 4.39 Å². The summed E-state index contributed by atoms with van der Waals surface area (Å²) in [6.07, 6.45) is -1.11. The topological polar surface area (TPSA) is 51.2 Å². The number of benzene rings is 2. The Bertz CT molecular complexity index is 853. The lowest BCUT2D eigenvalue weighted by molar-refractivity contribution is 0.177. The van der Waals surface area contributed by atoms with Crippen LogP contribution < -0.4 is 5.73 Å². The number of nitrogens with zero attached hydrogens (tertiary/aromatic N) is 1. The number of rotatable bonds is 2. The molecule has 1 aromatic heterocycles. The molecule has 2 aromatic carbocycles. The van der Waals surface area contributed by atoms with Crippen molar-refractivity contribution in [1.29, 1.82) is 0 Å². The number of aliphatic hydroxyl groups excluding tert-OH is 1. The minimum absolute atomic E-state index is 0.329. The first-order chi connectivity index (χ1) is 10.4. The fraction of sp³-hybridized carbons (Fsp3) is 0.176. The normalized spacial score (nSPS) is 12.8. The largest absolute Gasteiger partial charge is 0.373 e. The van der Waals surface area contributed by atoms with E-state index in [0.717, 1.165) is 27.6 Å². The van der Waals surface area contributed by atoms with Crippen LogP contribution in [0.1, 0.15) is 17.5 Å². The van der Waals surface area contributed by atoms with E-state index < -0.39 is 6.23 Å². The Balaban J connectivity index is 2.40. The highest BCUT2D eigenvalue weighted by Gasteiger charge is 2.19. The van der Waals surface area contributed by atoms with Crippen LogP contribution in [0.2, 0.25) is 5.02 Å². The Morgan fingerprint density at radius 1 is 1.23 bits per heavy atom. The second-order valence-electron chi connectivity index (χ2n) is 5.37. The van der Waals surface area contributed by atoms with Crippen LogP contribution in [0.15, 0.2) is 36.4 Å². The van der Waals surface area contributed by atoms with E-state index in [9.17, 15) is 9.50 Å². The number of aryl methyl sites for hydroxylation is 2. The monoisotopic (exact) mass is 318 g/mol. The molecule has 0 spiro atoms. The molecule has 22 heavy (non-hydrogen) atoms. The minimum Gasteiger partial charge on any atom is -0.373 e. The summed E-state index contributed by atoms with van der Waals surface area (Å²) in [7, 11) is 1.82. The third-order valence-electron chi connectivity index (χ3n) is 4.00. The Hall–Kier alpha value is -1.88. The van der Waals surface area contributed by atoms with Crippen molar-refractivity contribution in [2.75, 3.05) is 0 Å². The smallest absolute Gasteiger partial charge is 0.143 e. The van der Waals surface area contributed by atoms with E-state index in [1.807, 2.05) is 30.7 Å². The van der Waals surface area contributed by atoms with Gasteiger partial charge in [0, 0.05) is 23.0 Å². The predicted molar refractivity (Wildman–Crippen MR) is 87.2 cm³/mol. The summed E-state index contributed by atoms with van der Waals surface area (Å²) in [6.45, 7) is 1.83. The van der Waals surface area contributed by atoms with Gasteiger partial charge in [-0.2, -0.15) is 0 Å². The summed E-state index contributed by atoms with van der Waals surface area (Å²) < 4.78 is 15.9. The molecule has 0 aliphatic carbocycles. The summed E-state index contributed by atoms with van der Waals surface area (Å²) in [4.78, 5) is 0. The molecule has 0 bridgehead atoms. The van der Waals surface area contributed by atoms with Crippen molar-refractivity contribution >= 4 is 22.5 Å². The lowest BCUT2D eigenvalue weighted by Crippen LogP contribution is -2.14. The molecule has 1 heterocycles. The quantitative estimate of drug-likeness (QED) is 0.704. The van der Waals surface area contributed by atoms with Crippen molar-refractivity contribution in [1.82, 2.24) is 4.57 Å². The van der Waals surface area contributed by atoms with Crippen molar-refractivity contribution in [3.63, 3.8) is 0 Å². The Kier molecular flexibility index (Phi) is 3.68. The maximum absolute atomic E-state index is 14.1. The molecule has 3 aromatic rings. The lowest BCUT2D eigenvalue weighted by Gasteiger charge is -2.10. The van der Waals surface area contributed by atoms with Gasteiger partial charge in [0.25, 0.3) is 0 Å². The molecule has 0 saturated heterocycles. The average molecular weight is 319 g/mol. The van der Waals surface area contributed by atoms with Crippen molar-refractivity contribution in [2.45, 2.75) is 13.2 Å². The highest BCUT2D eigenvalue weighted by Crippen LogP contribution is 2.36. The Labute approximate surface area is 132 Å². The summed E-state index contributed by atoms with van der Waals surface area (Å²) in [5.41, 5.74) is 9.44. The van der Waals surface area contributed by atoms with Gasteiger partial charge < -0.3 is 15.4 Å². The van der Waals surface area contributed by atoms with Crippen LogP contribution in [-0.2, 0) is 7.05 Å². The van der Waals surface area contributed by atoms with Gasteiger partial charge in [-0.25, -0.2) is 4.39 Å². The maximum atomic E-state index is 14.1. The molecule has 3 N–H and O–H groups in total. The summed E-state index contributed by atoms with van der Waals surface area (Å²) in [5, 5.41) is 11.2. The highest BCUT2D eigenvalue weighted by atomic mass is 35.5. The van der Waals surface area contributed by atoms with Gasteiger partial charge in [-0.1, -0.05) is 23.7 Å². The van der Waals surface area contributed by atoms with Gasteiger partial charge in [-0.15, -0.1) is 0 Å². The Morgan fingerprint density at radius 2 is 1.86 bits per heavy atom. The molecule has 3 nitrogen and oxygen atoms in total. The van der Waals surface area contributed by atoms with Crippen LogP contribution in [0, 0.1) is 12.7 Å². The molecule has 0 amide bonds. The summed E-state index contributed by atoms with van der Waals surface area (Å²) in [5.74, 6) is -0.329.